The normalized spacial score (nSPS) is 13.4. The van der Waals surface area contributed by atoms with E-state index in [-0.39, 0.29) is 24.9 Å². The van der Waals surface area contributed by atoms with Gasteiger partial charge in [0.25, 0.3) is 0 Å². The first kappa shape index (κ1) is 15.7. The molecular formula is C11H18N4O5. The smallest absolute Gasteiger partial charge is 0.323 e. The minimum Gasteiger partial charge on any atom is -0.480 e. The summed E-state index contributed by atoms with van der Waals surface area (Å²) in [6.45, 7) is -0.708. The maximum atomic E-state index is 11.6. The van der Waals surface area contributed by atoms with Crippen molar-refractivity contribution in [3.05, 3.63) is 0 Å². The Bertz CT molecular complexity index is 392. The summed E-state index contributed by atoms with van der Waals surface area (Å²) in [7, 11) is 0. The molecule has 0 heterocycles. The molecular weight excluding hydrogens is 268 g/mol. The number of carbonyl (C=O) groups is 4. The second-order valence-electron chi connectivity index (χ2n) is 4.51. The Morgan fingerprint density at radius 1 is 1.10 bits per heavy atom. The van der Waals surface area contributed by atoms with E-state index in [0.29, 0.717) is 0 Å². The molecule has 1 aliphatic carbocycles. The quantitative estimate of drug-likeness (QED) is 0.385. The molecule has 1 aliphatic rings. The van der Waals surface area contributed by atoms with Gasteiger partial charge < -0.3 is 26.4 Å². The average Bonchev–Trinajstić information content (AvgIpc) is 3.16. The summed E-state index contributed by atoms with van der Waals surface area (Å²) >= 11 is 0. The van der Waals surface area contributed by atoms with Crippen LogP contribution in [0, 0.1) is 5.92 Å². The molecule has 1 fully saturated rings. The van der Waals surface area contributed by atoms with Crippen molar-refractivity contribution in [2.24, 2.45) is 11.7 Å². The second kappa shape index (κ2) is 7.31. The van der Waals surface area contributed by atoms with E-state index < -0.39 is 31.0 Å². The van der Waals surface area contributed by atoms with Crippen LogP contribution in [0.5, 0.6) is 0 Å². The number of carboxylic acids is 1. The average molecular weight is 286 g/mol. The van der Waals surface area contributed by atoms with E-state index in [1.54, 1.807) is 0 Å². The molecule has 1 rings (SSSR count). The Morgan fingerprint density at radius 3 is 2.20 bits per heavy atom. The van der Waals surface area contributed by atoms with E-state index >= 15 is 0 Å². The Labute approximate surface area is 115 Å². The fraction of sp³-hybridized carbons (Fsp3) is 0.636. The molecule has 9 nitrogen and oxygen atoms in total. The van der Waals surface area contributed by atoms with Crippen LogP contribution >= 0.6 is 0 Å². The Balaban J connectivity index is 2.27. The highest BCUT2D eigenvalue weighted by atomic mass is 16.4. The predicted octanol–water partition coefficient (Wildman–Crippen LogP) is -1.91. The molecule has 0 aromatic heterocycles. The van der Waals surface area contributed by atoms with Crippen molar-refractivity contribution in [2.75, 3.05) is 26.2 Å². The van der Waals surface area contributed by atoms with Gasteiger partial charge in [0, 0.05) is 19.0 Å². The van der Waals surface area contributed by atoms with E-state index in [1.807, 2.05) is 0 Å². The van der Waals surface area contributed by atoms with Gasteiger partial charge in [-0.2, -0.15) is 0 Å². The molecule has 0 aliphatic heterocycles. The van der Waals surface area contributed by atoms with Crippen molar-refractivity contribution in [1.82, 2.24) is 15.5 Å². The number of nitrogens with two attached hydrogens (primary N) is 1. The van der Waals surface area contributed by atoms with Crippen LogP contribution in [-0.2, 0) is 14.4 Å². The van der Waals surface area contributed by atoms with Gasteiger partial charge in [-0.1, -0.05) is 0 Å². The fourth-order valence-electron chi connectivity index (χ4n) is 1.51. The number of hydrogen-bond donors (Lipinski definition) is 4. The van der Waals surface area contributed by atoms with Crippen LogP contribution in [0.2, 0.25) is 0 Å². The molecule has 112 valence electrons. The number of carboxylic acid groups (broad SMARTS) is 1. The Morgan fingerprint density at radius 2 is 1.70 bits per heavy atom. The lowest BCUT2D eigenvalue weighted by Gasteiger charge is -2.19. The summed E-state index contributed by atoms with van der Waals surface area (Å²) in [5, 5.41) is 13.7. The molecule has 5 N–H and O–H groups in total. The number of rotatable bonds is 8. The van der Waals surface area contributed by atoms with Crippen LogP contribution in [0.15, 0.2) is 0 Å². The third-order valence-corrected chi connectivity index (χ3v) is 2.61. The maximum absolute atomic E-state index is 11.6. The lowest BCUT2D eigenvalue weighted by atomic mass is 10.4. The summed E-state index contributed by atoms with van der Waals surface area (Å²) in [5.74, 6) is -2.00. The molecule has 9 heteroatoms. The summed E-state index contributed by atoms with van der Waals surface area (Å²) in [6.07, 6.45) is 1.78. The van der Waals surface area contributed by atoms with Crippen LogP contribution in [0.3, 0.4) is 0 Å². The van der Waals surface area contributed by atoms with Gasteiger partial charge in [0.15, 0.2) is 0 Å². The van der Waals surface area contributed by atoms with Crippen molar-refractivity contribution < 1.29 is 24.3 Å². The number of urea groups is 1. The fourth-order valence-corrected chi connectivity index (χ4v) is 1.51. The molecule has 1 saturated carbocycles. The highest BCUT2D eigenvalue weighted by Crippen LogP contribution is 2.28. The lowest BCUT2D eigenvalue weighted by Crippen LogP contribution is -2.48. The third kappa shape index (κ3) is 6.03. The predicted molar refractivity (Wildman–Crippen MR) is 67.5 cm³/mol. The van der Waals surface area contributed by atoms with Gasteiger partial charge in [-0.3, -0.25) is 14.4 Å². The van der Waals surface area contributed by atoms with E-state index in [9.17, 15) is 19.2 Å². The van der Waals surface area contributed by atoms with Gasteiger partial charge in [0.1, 0.15) is 13.1 Å². The van der Waals surface area contributed by atoms with Crippen molar-refractivity contribution >= 4 is 23.8 Å². The van der Waals surface area contributed by atoms with E-state index in [4.69, 9.17) is 10.8 Å². The van der Waals surface area contributed by atoms with E-state index in [2.05, 4.69) is 10.6 Å². The topological polar surface area (TPSA) is 142 Å². The van der Waals surface area contributed by atoms with Crippen LogP contribution in [0.25, 0.3) is 0 Å². The molecule has 20 heavy (non-hydrogen) atoms. The Kier molecular flexibility index (Phi) is 5.75. The first-order valence-electron chi connectivity index (χ1n) is 6.20. The van der Waals surface area contributed by atoms with Crippen molar-refractivity contribution in [1.29, 1.82) is 0 Å². The van der Waals surface area contributed by atoms with Crippen LogP contribution < -0.4 is 16.4 Å². The SMILES string of the molecule is NC(=O)CN(CC(=O)O)C(=O)NCCNC(=O)C1CC1. The summed E-state index contributed by atoms with van der Waals surface area (Å²) < 4.78 is 0. The molecule has 0 bridgehead atoms. The van der Waals surface area contributed by atoms with Gasteiger partial charge in [0.05, 0.1) is 0 Å². The zero-order chi connectivity index (χ0) is 15.1. The van der Waals surface area contributed by atoms with Crippen LogP contribution in [0.4, 0.5) is 4.79 Å². The molecule has 0 atom stereocenters. The van der Waals surface area contributed by atoms with E-state index in [0.717, 1.165) is 17.7 Å². The molecule has 0 aromatic carbocycles. The zero-order valence-corrected chi connectivity index (χ0v) is 10.9. The van der Waals surface area contributed by atoms with Gasteiger partial charge in [-0.05, 0) is 12.8 Å². The van der Waals surface area contributed by atoms with Gasteiger partial charge in [-0.25, -0.2) is 4.79 Å². The monoisotopic (exact) mass is 286 g/mol. The molecule has 0 radical (unpaired) electrons. The number of amides is 4. The second-order valence-corrected chi connectivity index (χ2v) is 4.51. The number of primary amides is 1. The van der Waals surface area contributed by atoms with Crippen molar-refractivity contribution in [2.45, 2.75) is 12.8 Å². The maximum Gasteiger partial charge on any atom is 0.323 e. The van der Waals surface area contributed by atoms with Crippen LogP contribution in [0.1, 0.15) is 12.8 Å². The molecule has 0 saturated heterocycles. The summed E-state index contributed by atoms with van der Waals surface area (Å²) in [6, 6.07) is -0.716. The number of carbonyl (C=O) groups excluding carboxylic acids is 3. The Hall–Kier alpha value is -2.32. The minimum absolute atomic E-state index is 0.0428. The van der Waals surface area contributed by atoms with Crippen molar-refractivity contribution in [3.8, 4) is 0 Å². The number of nitrogens with zero attached hydrogens (tertiary/aromatic N) is 1. The first-order chi connectivity index (χ1) is 9.40. The van der Waals surface area contributed by atoms with Gasteiger partial charge in [0.2, 0.25) is 11.8 Å². The number of nitrogens with one attached hydrogen (secondary N) is 2. The third-order valence-electron chi connectivity index (χ3n) is 2.61. The molecule has 0 aromatic rings. The number of aliphatic carboxylic acids is 1. The van der Waals surface area contributed by atoms with Crippen LogP contribution in [-0.4, -0.2) is 60.0 Å². The van der Waals surface area contributed by atoms with E-state index in [1.165, 1.54) is 0 Å². The zero-order valence-electron chi connectivity index (χ0n) is 10.9. The lowest BCUT2D eigenvalue weighted by molar-refractivity contribution is -0.137. The van der Waals surface area contributed by atoms with Gasteiger partial charge in [-0.15, -0.1) is 0 Å². The van der Waals surface area contributed by atoms with Gasteiger partial charge >= 0.3 is 12.0 Å². The highest BCUT2D eigenvalue weighted by molar-refractivity contribution is 5.86. The molecule has 0 unspecified atom stereocenters. The first-order valence-corrected chi connectivity index (χ1v) is 6.20. The number of hydrogen-bond acceptors (Lipinski definition) is 4. The summed E-state index contributed by atoms with van der Waals surface area (Å²) in [5.41, 5.74) is 4.93. The largest absolute Gasteiger partial charge is 0.480 e. The standard InChI is InChI=1S/C11H18N4O5/c12-8(16)5-15(6-9(17)18)11(20)14-4-3-13-10(19)7-1-2-7/h7H,1-6H2,(H2,12,16)(H,13,19)(H,14,20)(H,17,18). The molecule has 0 spiro atoms. The highest BCUT2D eigenvalue weighted by Gasteiger charge is 2.29. The molecule has 4 amide bonds. The summed E-state index contributed by atoms with van der Waals surface area (Å²) in [4.78, 5) is 45.0. The van der Waals surface area contributed by atoms with Crippen molar-refractivity contribution in [3.63, 3.8) is 0 Å². The minimum atomic E-state index is -1.25.